The highest BCUT2D eigenvalue weighted by Gasteiger charge is 2.30. The van der Waals surface area contributed by atoms with E-state index in [2.05, 4.69) is 37.5 Å². The molecule has 26 heavy (non-hydrogen) atoms. The van der Waals surface area contributed by atoms with Gasteiger partial charge in [-0.1, -0.05) is 12.1 Å². The predicted molar refractivity (Wildman–Crippen MR) is 102 cm³/mol. The van der Waals surface area contributed by atoms with Crippen molar-refractivity contribution in [1.82, 2.24) is 20.5 Å². The van der Waals surface area contributed by atoms with Crippen LogP contribution in [0.15, 0.2) is 36.4 Å². The highest BCUT2D eigenvalue weighted by atomic mass is 32.1. The van der Waals surface area contributed by atoms with Crippen LogP contribution in [0.1, 0.15) is 34.3 Å². The molecule has 1 aromatic carbocycles. The average molecular weight is 365 g/mol. The molecule has 2 aromatic heterocycles. The molecular formula is C19H19N5OS. The number of aromatic nitrogens is 3. The summed E-state index contributed by atoms with van der Waals surface area (Å²) in [5.74, 6) is 1.93. The molecule has 0 bridgehead atoms. The number of carbonyl (C=O) groups excluding carboxylic acids is 1. The molecular weight excluding hydrogens is 346 g/mol. The second-order valence-electron chi connectivity index (χ2n) is 7.06. The zero-order valence-corrected chi connectivity index (χ0v) is 15.1. The fourth-order valence-electron chi connectivity index (χ4n) is 3.27. The van der Waals surface area contributed by atoms with E-state index in [0.29, 0.717) is 23.4 Å². The van der Waals surface area contributed by atoms with Crippen molar-refractivity contribution in [2.45, 2.75) is 18.8 Å². The molecule has 0 unspecified atom stereocenters. The first-order valence-corrected chi connectivity index (χ1v) is 9.80. The Balaban J connectivity index is 1.13. The van der Waals surface area contributed by atoms with Crippen molar-refractivity contribution >= 4 is 33.3 Å². The summed E-state index contributed by atoms with van der Waals surface area (Å²) in [5, 5.41) is 12.2. The number of benzene rings is 1. The number of fused-ring (bicyclic) bond motifs is 1. The third kappa shape index (κ3) is 3.03. The van der Waals surface area contributed by atoms with Crippen LogP contribution in [0.3, 0.4) is 0 Å². The van der Waals surface area contributed by atoms with E-state index in [1.54, 1.807) is 0 Å². The lowest BCUT2D eigenvalue weighted by Gasteiger charge is -2.39. The summed E-state index contributed by atoms with van der Waals surface area (Å²) >= 11 is 1.44. The Labute approximate surface area is 155 Å². The van der Waals surface area contributed by atoms with Crippen LogP contribution in [0.4, 0.5) is 5.82 Å². The number of hydrogen-bond donors (Lipinski definition) is 1. The molecule has 1 aliphatic carbocycles. The van der Waals surface area contributed by atoms with Gasteiger partial charge in [-0.3, -0.25) is 4.79 Å². The SMILES string of the molecule is O=C(NCC1CN(c2ccc(C3CC3)nn2)C1)c1nc2ccccc2s1. The highest BCUT2D eigenvalue weighted by Crippen LogP contribution is 2.38. The first kappa shape index (κ1) is 15.7. The first-order valence-electron chi connectivity index (χ1n) is 8.98. The van der Waals surface area contributed by atoms with Gasteiger partial charge < -0.3 is 10.2 Å². The van der Waals surface area contributed by atoms with Gasteiger partial charge in [0, 0.05) is 31.5 Å². The van der Waals surface area contributed by atoms with Crippen molar-refractivity contribution in [3.05, 3.63) is 47.1 Å². The molecule has 1 saturated heterocycles. The summed E-state index contributed by atoms with van der Waals surface area (Å²) < 4.78 is 1.04. The molecule has 0 radical (unpaired) electrons. The maximum Gasteiger partial charge on any atom is 0.280 e. The van der Waals surface area contributed by atoms with Gasteiger partial charge in [0.2, 0.25) is 0 Å². The van der Waals surface area contributed by atoms with E-state index < -0.39 is 0 Å². The number of nitrogens with one attached hydrogen (secondary N) is 1. The van der Waals surface area contributed by atoms with Crippen LogP contribution >= 0.6 is 11.3 Å². The van der Waals surface area contributed by atoms with E-state index in [0.717, 1.165) is 34.8 Å². The third-order valence-electron chi connectivity index (χ3n) is 4.99. The molecule has 7 heteroatoms. The van der Waals surface area contributed by atoms with Crippen molar-refractivity contribution in [3.63, 3.8) is 0 Å². The molecule has 1 N–H and O–H groups in total. The Morgan fingerprint density at radius 2 is 2.00 bits per heavy atom. The Morgan fingerprint density at radius 3 is 2.73 bits per heavy atom. The molecule has 1 aliphatic heterocycles. The highest BCUT2D eigenvalue weighted by molar-refractivity contribution is 7.20. The smallest absolute Gasteiger partial charge is 0.280 e. The van der Waals surface area contributed by atoms with Gasteiger partial charge in [-0.2, -0.15) is 5.10 Å². The quantitative estimate of drug-likeness (QED) is 0.753. The second-order valence-corrected chi connectivity index (χ2v) is 8.09. The molecule has 2 aliphatic rings. The van der Waals surface area contributed by atoms with Gasteiger partial charge in [0.25, 0.3) is 5.91 Å². The van der Waals surface area contributed by atoms with Crippen LogP contribution in [0.25, 0.3) is 10.2 Å². The zero-order valence-electron chi connectivity index (χ0n) is 14.3. The molecule has 6 nitrogen and oxygen atoms in total. The third-order valence-corrected chi connectivity index (χ3v) is 6.02. The average Bonchev–Trinajstić information content (AvgIpc) is 3.39. The fourth-order valence-corrected chi connectivity index (χ4v) is 4.15. The maximum atomic E-state index is 12.3. The second kappa shape index (κ2) is 6.32. The van der Waals surface area contributed by atoms with Crippen LogP contribution in [0.2, 0.25) is 0 Å². The first-order chi connectivity index (χ1) is 12.8. The fraction of sp³-hybridized carbons (Fsp3) is 0.368. The molecule has 0 atom stereocenters. The standard InChI is InChI=1S/C19H19N5OS/c25-18(19-21-15-3-1-2-4-16(15)26-19)20-9-12-10-24(11-12)17-8-7-14(22-23-17)13-5-6-13/h1-4,7-8,12-13H,5-6,9-11H2,(H,20,25). The van der Waals surface area contributed by atoms with Crippen molar-refractivity contribution in [2.24, 2.45) is 5.92 Å². The number of thiazole rings is 1. The van der Waals surface area contributed by atoms with Gasteiger partial charge in [0.1, 0.15) is 0 Å². The van der Waals surface area contributed by atoms with Gasteiger partial charge in [-0.25, -0.2) is 4.98 Å². The maximum absolute atomic E-state index is 12.3. The topological polar surface area (TPSA) is 71.0 Å². The lowest BCUT2D eigenvalue weighted by molar-refractivity contribution is 0.0944. The van der Waals surface area contributed by atoms with Gasteiger partial charge in [-0.05, 0) is 37.1 Å². The minimum absolute atomic E-state index is 0.0850. The Morgan fingerprint density at radius 1 is 1.15 bits per heavy atom. The van der Waals surface area contributed by atoms with Crippen LogP contribution < -0.4 is 10.2 Å². The lowest BCUT2D eigenvalue weighted by atomic mass is 10.0. The predicted octanol–water partition coefficient (Wildman–Crippen LogP) is 2.83. The minimum Gasteiger partial charge on any atom is -0.354 e. The minimum atomic E-state index is -0.0850. The van der Waals surface area contributed by atoms with Gasteiger partial charge in [0.15, 0.2) is 10.8 Å². The van der Waals surface area contributed by atoms with Crippen LogP contribution in [0, 0.1) is 5.92 Å². The monoisotopic (exact) mass is 365 g/mol. The zero-order chi connectivity index (χ0) is 17.5. The van der Waals surface area contributed by atoms with Crippen molar-refractivity contribution in [2.75, 3.05) is 24.5 Å². The van der Waals surface area contributed by atoms with E-state index in [1.807, 2.05) is 24.3 Å². The Kier molecular flexibility index (Phi) is 3.81. The van der Waals surface area contributed by atoms with Gasteiger partial charge >= 0.3 is 0 Å². The van der Waals surface area contributed by atoms with E-state index in [-0.39, 0.29) is 5.91 Å². The number of amides is 1. The van der Waals surface area contributed by atoms with E-state index in [1.165, 1.54) is 24.2 Å². The number of rotatable bonds is 5. The summed E-state index contributed by atoms with van der Waals surface area (Å²) in [6.07, 6.45) is 2.49. The van der Waals surface area contributed by atoms with E-state index >= 15 is 0 Å². The summed E-state index contributed by atoms with van der Waals surface area (Å²) in [4.78, 5) is 18.9. The number of carbonyl (C=O) groups is 1. The largest absolute Gasteiger partial charge is 0.354 e. The van der Waals surface area contributed by atoms with E-state index in [4.69, 9.17) is 0 Å². The van der Waals surface area contributed by atoms with Crippen molar-refractivity contribution in [3.8, 4) is 0 Å². The van der Waals surface area contributed by atoms with Crippen LogP contribution in [-0.2, 0) is 0 Å². The summed E-state index contributed by atoms with van der Waals surface area (Å²) in [6.45, 7) is 2.47. The molecule has 3 heterocycles. The van der Waals surface area contributed by atoms with Gasteiger partial charge in [0.05, 0.1) is 15.9 Å². The number of nitrogens with zero attached hydrogens (tertiary/aromatic N) is 4. The molecule has 3 aromatic rings. The van der Waals surface area contributed by atoms with Crippen LogP contribution in [0.5, 0.6) is 0 Å². The summed E-state index contributed by atoms with van der Waals surface area (Å²) in [5.41, 5.74) is 2.00. The lowest BCUT2D eigenvalue weighted by Crippen LogP contribution is -2.51. The van der Waals surface area contributed by atoms with Gasteiger partial charge in [-0.15, -0.1) is 16.4 Å². The molecule has 0 spiro atoms. The normalized spacial score (nSPS) is 17.3. The Hall–Kier alpha value is -2.54. The number of hydrogen-bond acceptors (Lipinski definition) is 6. The van der Waals surface area contributed by atoms with Crippen molar-refractivity contribution in [1.29, 1.82) is 0 Å². The molecule has 1 amide bonds. The number of anilines is 1. The molecule has 1 saturated carbocycles. The molecule has 2 fully saturated rings. The molecule has 5 rings (SSSR count). The summed E-state index contributed by atoms with van der Waals surface area (Å²) in [7, 11) is 0. The van der Waals surface area contributed by atoms with Crippen molar-refractivity contribution < 1.29 is 4.79 Å². The molecule has 132 valence electrons. The number of para-hydroxylation sites is 1. The Bertz CT molecular complexity index is 911. The van der Waals surface area contributed by atoms with Crippen LogP contribution in [-0.4, -0.2) is 40.7 Å². The van der Waals surface area contributed by atoms with E-state index in [9.17, 15) is 4.79 Å². The summed E-state index contributed by atoms with van der Waals surface area (Å²) in [6, 6.07) is 12.0.